The Morgan fingerprint density at radius 3 is 1.97 bits per heavy atom. The van der Waals surface area contributed by atoms with Gasteiger partial charge in [0.25, 0.3) is 0 Å². The van der Waals surface area contributed by atoms with Gasteiger partial charge in [-0.3, -0.25) is 4.79 Å². The number of nitrogens with zero attached hydrogens (tertiary/aromatic N) is 3. The molecule has 0 bridgehead atoms. The predicted molar refractivity (Wildman–Crippen MR) is 135 cm³/mol. The number of benzene rings is 2. The minimum atomic E-state index is -1.05. The highest BCUT2D eigenvalue weighted by molar-refractivity contribution is 6.02. The molecular formula is C28H35N3O5. The molecule has 1 saturated carbocycles. The van der Waals surface area contributed by atoms with Crippen molar-refractivity contribution in [3.8, 4) is 0 Å². The second-order valence-electron chi connectivity index (χ2n) is 9.21. The Hall–Kier alpha value is -3.39. The molecule has 2 aromatic carbocycles. The second-order valence-corrected chi connectivity index (χ2v) is 9.21. The second kappa shape index (κ2) is 11.6. The van der Waals surface area contributed by atoms with Crippen LogP contribution in [-0.2, 0) is 9.47 Å². The van der Waals surface area contributed by atoms with Gasteiger partial charge in [0.2, 0.25) is 5.78 Å². The van der Waals surface area contributed by atoms with Crippen molar-refractivity contribution in [2.24, 2.45) is 0 Å². The van der Waals surface area contributed by atoms with Gasteiger partial charge in [0, 0.05) is 11.6 Å². The van der Waals surface area contributed by atoms with Crippen molar-refractivity contribution in [3.05, 3.63) is 71.3 Å². The number of hydrogen-bond acceptors (Lipinski definition) is 6. The minimum absolute atomic E-state index is 0.000271. The summed E-state index contributed by atoms with van der Waals surface area (Å²) in [6.07, 6.45) is 1.71. The first-order chi connectivity index (χ1) is 17.5. The Balaban J connectivity index is 1.91. The highest BCUT2D eigenvalue weighted by Crippen LogP contribution is 2.43. The molecule has 1 heterocycles. The van der Waals surface area contributed by atoms with Gasteiger partial charge in [-0.25, -0.2) is 14.5 Å². The molecule has 0 aromatic heterocycles. The van der Waals surface area contributed by atoms with Crippen molar-refractivity contribution in [3.63, 3.8) is 0 Å². The van der Waals surface area contributed by atoms with Crippen molar-refractivity contribution in [2.45, 2.75) is 71.2 Å². The highest BCUT2D eigenvalue weighted by Gasteiger charge is 2.57. The Morgan fingerprint density at radius 1 is 0.806 bits per heavy atom. The number of hydrogen-bond donors (Lipinski definition) is 0. The van der Waals surface area contributed by atoms with E-state index < -0.39 is 24.5 Å². The van der Waals surface area contributed by atoms with E-state index in [4.69, 9.17) is 9.47 Å². The summed E-state index contributed by atoms with van der Waals surface area (Å²) >= 11 is 0. The van der Waals surface area contributed by atoms with Gasteiger partial charge in [-0.2, -0.15) is 10.0 Å². The summed E-state index contributed by atoms with van der Waals surface area (Å²) in [6, 6.07) is 16.8. The van der Waals surface area contributed by atoms with Crippen molar-refractivity contribution in [1.82, 2.24) is 14.9 Å². The molecule has 1 aliphatic heterocycles. The molecule has 1 saturated heterocycles. The normalized spacial score (nSPS) is 20.9. The number of carbonyl (C=O) groups is 3. The monoisotopic (exact) mass is 493 g/mol. The minimum Gasteiger partial charge on any atom is -0.448 e. The molecule has 36 heavy (non-hydrogen) atoms. The number of hydrazine groups is 1. The molecule has 0 N–H and O–H groups in total. The standard InChI is InChI=1S/C28H35N3O5/c1-4-35-27(33)30-25(22-12-8-6-9-13-22)29(23-14-10-7-11-15-23)26(31(30)28(34)36-5-2)24(32)21-18-16-20(3)17-19-21/h6,8-9,12-13,16-19,23,25-26H,4-5,7,10-11,14-15H2,1-3H3. The summed E-state index contributed by atoms with van der Waals surface area (Å²) in [5.41, 5.74) is 2.29. The van der Waals surface area contributed by atoms with E-state index in [0.29, 0.717) is 5.56 Å². The largest absolute Gasteiger partial charge is 0.448 e. The van der Waals surface area contributed by atoms with Crippen LogP contribution in [0.3, 0.4) is 0 Å². The van der Waals surface area contributed by atoms with Crippen LogP contribution in [0.15, 0.2) is 54.6 Å². The summed E-state index contributed by atoms with van der Waals surface area (Å²) in [5.74, 6) is -0.263. The molecule has 2 amide bonds. The molecule has 2 unspecified atom stereocenters. The molecule has 2 aliphatic rings. The van der Waals surface area contributed by atoms with E-state index in [2.05, 4.69) is 0 Å². The third-order valence-corrected chi connectivity index (χ3v) is 6.83. The lowest BCUT2D eigenvalue weighted by molar-refractivity contribution is -0.0187. The summed E-state index contributed by atoms with van der Waals surface area (Å²) in [4.78, 5) is 43.1. The Labute approximate surface area is 212 Å². The van der Waals surface area contributed by atoms with Crippen LogP contribution in [0.25, 0.3) is 0 Å². The van der Waals surface area contributed by atoms with Gasteiger partial charge in [-0.15, -0.1) is 0 Å². The molecule has 0 radical (unpaired) electrons. The van der Waals surface area contributed by atoms with Crippen LogP contribution in [0.4, 0.5) is 9.59 Å². The number of rotatable bonds is 6. The first-order valence-corrected chi connectivity index (χ1v) is 12.8. The lowest BCUT2D eigenvalue weighted by Gasteiger charge is -2.37. The summed E-state index contributed by atoms with van der Waals surface area (Å²) in [5, 5.41) is 2.46. The van der Waals surface area contributed by atoms with Crippen LogP contribution in [0.2, 0.25) is 0 Å². The van der Waals surface area contributed by atoms with Crippen molar-refractivity contribution in [2.75, 3.05) is 13.2 Å². The Kier molecular flexibility index (Phi) is 8.25. The number of amides is 2. The molecule has 2 fully saturated rings. The predicted octanol–water partition coefficient (Wildman–Crippen LogP) is 5.68. The van der Waals surface area contributed by atoms with E-state index in [1.165, 1.54) is 10.0 Å². The first-order valence-electron chi connectivity index (χ1n) is 12.8. The van der Waals surface area contributed by atoms with E-state index in [-0.39, 0.29) is 25.0 Å². The molecule has 1 aliphatic carbocycles. The number of ether oxygens (including phenoxy) is 2. The number of ketones is 1. The third-order valence-electron chi connectivity index (χ3n) is 6.83. The van der Waals surface area contributed by atoms with Gasteiger partial charge in [-0.1, -0.05) is 79.4 Å². The average molecular weight is 494 g/mol. The maximum atomic E-state index is 14.2. The Morgan fingerprint density at radius 2 is 1.39 bits per heavy atom. The molecule has 4 rings (SSSR count). The smallest absolute Gasteiger partial charge is 0.431 e. The summed E-state index contributed by atoms with van der Waals surface area (Å²) in [7, 11) is 0. The van der Waals surface area contributed by atoms with Crippen LogP contribution >= 0.6 is 0 Å². The van der Waals surface area contributed by atoms with Crippen LogP contribution in [0.5, 0.6) is 0 Å². The van der Waals surface area contributed by atoms with Gasteiger partial charge in [-0.05, 0) is 39.2 Å². The van der Waals surface area contributed by atoms with E-state index in [0.717, 1.165) is 43.2 Å². The Bertz CT molecular complexity index is 1050. The number of Topliss-reactive ketones (excluding diaryl/α,β-unsaturated/α-hetero) is 1. The fourth-order valence-electron chi connectivity index (χ4n) is 5.21. The van der Waals surface area contributed by atoms with Crippen LogP contribution in [0, 0.1) is 6.92 Å². The van der Waals surface area contributed by atoms with Crippen LogP contribution in [-0.4, -0.2) is 58.3 Å². The zero-order valence-electron chi connectivity index (χ0n) is 21.3. The third kappa shape index (κ3) is 5.09. The fourth-order valence-corrected chi connectivity index (χ4v) is 5.21. The van der Waals surface area contributed by atoms with E-state index in [9.17, 15) is 14.4 Å². The van der Waals surface area contributed by atoms with Gasteiger partial charge >= 0.3 is 12.2 Å². The fraction of sp³-hybridized carbons (Fsp3) is 0.464. The SMILES string of the molecule is CCOC(=O)N1C(C(=O)c2ccc(C)cc2)N(C2CCCCC2)C(c2ccccc2)N1C(=O)OCC. The summed E-state index contributed by atoms with van der Waals surface area (Å²) in [6.45, 7) is 5.61. The average Bonchev–Trinajstić information content (AvgIpc) is 3.26. The molecular weight excluding hydrogens is 458 g/mol. The maximum absolute atomic E-state index is 14.2. The topological polar surface area (TPSA) is 79.4 Å². The summed E-state index contributed by atoms with van der Waals surface area (Å²) < 4.78 is 10.8. The van der Waals surface area contributed by atoms with Crippen LogP contribution in [0.1, 0.15) is 73.6 Å². The molecule has 192 valence electrons. The number of carbonyl (C=O) groups excluding carboxylic acids is 3. The van der Waals surface area contributed by atoms with Crippen molar-refractivity contribution in [1.29, 1.82) is 0 Å². The number of aryl methyl sites for hydroxylation is 1. The lowest BCUT2D eigenvalue weighted by Crippen LogP contribution is -2.54. The molecule has 0 spiro atoms. The van der Waals surface area contributed by atoms with E-state index in [1.54, 1.807) is 26.0 Å². The van der Waals surface area contributed by atoms with Gasteiger partial charge in [0.1, 0.15) is 6.17 Å². The van der Waals surface area contributed by atoms with Gasteiger partial charge < -0.3 is 9.47 Å². The molecule has 2 atom stereocenters. The van der Waals surface area contributed by atoms with Gasteiger partial charge in [0.15, 0.2) is 6.17 Å². The van der Waals surface area contributed by atoms with E-state index >= 15 is 0 Å². The zero-order valence-corrected chi connectivity index (χ0v) is 21.3. The van der Waals surface area contributed by atoms with Crippen molar-refractivity contribution < 1.29 is 23.9 Å². The first kappa shape index (κ1) is 25.7. The molecule has 8 nitrogen and oxygen atoms in total. The maximum Gasteiger partial charge on any atom is 0.431 e. The quantitative estimate of drug-likeness (QED) is 0.482. The van der Waals surface area contributed by atoms with Gasteiger partial charge in [0.05, 0.1) is 13.2 Å². The highest BCUT2D eigenvalue weighted by atomic mass is 16.6. The zero-order chi connectivity index (χ0) is 25.7. The molecule has 8 heteroatoms. The molecule has 2 aromatic rings. The van der Waals surface area contributed by atoms with E-state index in [1.807, 2.05) is 54.3 Å². The van der Waals surface area contributed by atoms with Crippen molar-refractivity contribution >= 4 is 18.0 Å². The lowest BCUT2D eigenvalue weighted by atomic mass is 9.92. The van der Waals surface area contributed by atoms with Crippen LogP contribution < -0.4 is 0 Å².